The summed E-state index contributed by atoms with van der Waals surface area (Å²) in [6.45, 7) is 14.7. The molecule has 0 aliphatic rings. The SMILES string of the molecule is C[Si](C)(C)Nc1pc2ccccc2p1[Si](C)(C)C. The van der Waals surface area contributed by atoms with Gasteiger partial charge in [0.2, 0.25) is 0 Å². The Balaban J connectivity index is 2.65. The lowest BCUT2D eigenvalue weighted by Gasteiger charge is -2.24. The maximum absolute atomic E-state index is 3.93. The highest BCUT2D eigenvalue weighted by atomic mass is 31.4. The molecular formula is C13H23NP2Si2. The number of rotatable bonds is 3. The summed E-state index contributed by atoms with van der Waals surface area (Å²) in [5.41, 5.74) is 0. The van der Waals surface area contributed by atoms with Crippen LogP contribution in [-0.4, -0.2) is 16.0 Å². The van der Waals surface area contributed by atoms with Gasteiger partial charge < -0.3 is 4.98 Å². The number of nitrogens with one attached hydrogen (secondary N) is 1. The highest BCUT2D eigenvalue weighted by Gasteiger charge is 2.26. The van der Waals surface area contributed by atoms with Crippen LogP contribution in [0.4, 0.5) is 5.15 Å². The molecule has 0 bridgehead atoms. The minimum Gasteiger partial charge on any atom is -0.303 e. The van der Waals surface area contributed by atoms with Crippen LogP contribution in [0, 0.1) is 0 Å². The molecule has 0 amide bonds. The monoisotopic (exact) mass is 311 g/mol. The van der Waals surface area contributed by atoms with Gasteiger partial charge in [-0.3, -0.25) is 0 Å². The fourth-order valence-corrected chi connectivity index (χ4v) is 18.3. The third-order valence-electron chi connectivity index (χ3n) is 2.72. The molecule has 1 heterocycles. The molecule has 2 rings (SSSR count). The Hall–Kier alpha value is 0.0838. The fraction of sp³-hybridized carbons (Fsp3) is 0.462. The first-order valence-corrected chi connectivity index (χ1v) is 16.5. The van der Waals surface area contributed by atoms with Crippen LogP contribution >= 0.6 is 15.3 Å². The average molecular weight is 311 g/mol. The molecule has 0 saturated carbocycles. The van der Waals surface area contributed by atoms with E-state index in [4.69, 9.17) is 0 Å². The second kappa shape index (κ2) is 4.88. The average Bonchev–Trinajstić information content (AvgIpc) is 2.50. The van der Waals surface area contributed by atoms with E-state index in [2.05, 4.69) is 68.5 Å². The number of anilines is 1. The zero-order chi connectivity index (χ0) is 13.6. The Labute approximate surface area is 115 Å². The quantitative estimate of drug-likeness (QED) is 0.652. The lowest BCUT2D eigenvalue weighted by molar-refractivity contribution is 1.67. The molecular weight excluding hydrogens is 288 g/mol. The molecule has 0 aliphatic heterocycles. The summed E-state index contributed by atoms with van der Waals surface area (Å²) < 4.78 is 0. The van der Waals surface area contributed by atoms with E-state index in [9.17, 15) is 0 Å². The maximum atomic E-state index is 3.93. The van der Waals surface area contributed by atoms with E-state index in [1.54, 1.807) is 15.4 Å². The molecule has 5 heteroatoms. The molecule has 2 aromatic rings. The highest BCUT2D eigenvalue weighted by molar-refractivity contribution is 7.99. The van der Waals surface area contributed by atoms with Crippen LogP contribution < -0.4 is 4.98 Å². The van der Waals surface area contributed by atoms with E-state index in [1.807, 2.05) is 0 Å². The molecule has 0 fully saturated rings. The molecule has 1 aromatic heterocycles. The van der Waals surface area contributed by atoms with Crippen LogP contribution in [0.2, 0.25) is 39.3 Å². The van der Waals surface area contributed by atoms with Crippen molar-refractivity contribution in [3.8, 4) is 0 Å². The van der Waals surface area contributed by atoms with E-state index in [0.29, 0.717) is 0 Å². The Morgan fingerprint density at radius 1 is 1.00 bits per heavy atom. The van der Waals surface area contributed by atoms with Crippen molar-refractivity contribution in [3.63, 3.8) is 0 Å². The topological polar surface area (TPSA) is 12.0 Å². The van der Waals surface area contributed by atoms with Gasteiger partial charge in [0, 0.05) is 10.2 Å². The van der Waals surface area contributed by atoms with Crippen molar-refractivity contribution in [2.24, 2.45) is 0 Å². The molecule has 1 unspecified atom stereocenters. The molecule has 1 nitrogen and oxygen atoms in total. The van der Waals surface area contributed by atoms with Crippen LogP contribution in [-0.2, 0) is 0 Å². The van der Waals surface area contributed by atoms with Gasteiger partial charge in [-0.1, -0.05) is 57.5 Å². The summed E-state index contributed by atoms with van der Waals surface area (Å²) in [7, 11) is -1.01. The molecule has 0 radical (unpaired) electrons. The van der Waals surface area contributed by atoms with Crippen LogP contribution in [0.5, 0.6) is 0 Å². The predicted octanol–water partition coefficient (Wildman–Crippen LogP) is 6.34. The summed E-state index contributed by atoms with van der Waals surface area (Å²) in [5, 5.41) is 4.84. The zero-order valence-corrected chi connectivity index (χ0v) is 16.0. The van der Waals surface area contributed by atoms with Gasteiger partial charge >= 0.3 is 0 Å². The summed E-state index contributed by atoms with van der Waals surface area (Å²) >= 11 is 0. The number of benzene rings is 1. The van der Waals surface area contributed by atoms with Crippen molar-refractivity contribution in [2.75, 3.05) is 4.98 Å². The first kappa shape index (κ1) is 14.5. The lowest BCUT2D eigenvalue weighted by Crippen LogP contribution is -2.32. The second-order valence-corrected chi connectivity index (χ2v) is 24.4. The smallest absolute Gasteiger partial charge is 0.121 e. The largest absolute Gasteiger partial charge is 0.303 e. The van der Waals surface area contributed by atoms with Crippen LogP contribution in [0.3, 0.4) is 0 Å². The van der Waals surface area contributed by atoms with Gasteiger partial charge in [0.25, 0.3) is 0 Å². The van der Waals surface area contributed by atoms with Crippen LogP contribution in [0.15, 0.2) is 24.3 Å². The van der Waals surface area contributed by atoms with Gasteiger partial charge in [0.15, 0.2) is 0 Å². The van der Waals surface area contributed by atoms with Gasteiger partial charge in [-0.05, 0) is 14.3 Å². The molecule has 1 atom stereocenters. The molecule has 18 heavy (non-hydrogen) atoms. The minimum atomic E-state index is -1.24. The molecule has 0 aliphatic carbocycles. The minimum absolute atomic E-state index is 0.0630. The van der Waals surface area contributed by atoms with Gasteiger partial charge in [0.05, 0.1) is 5.15 Å². The van der Waals surface area contributed by atoms with Crippen molar-refractivity contribution in [3.05, 3.63) is 24.3 Å². The first-order chi connectivity index (χ1) is 8.18. The lowest BCUT2D eigenvalue weighted by atomic mass is 10.4. The maximum Gasteiger partial charge on any atom is 0.121 e. The molecule has 0 spiro atoms. The van der Waals surface area contributed by atoms with Crippen LogP contribution in [0.25, 0.3) is 10.2 Å². The first-order valence-electron chi connectivity index (χ1n) is 6.45. The fourth-order valence-electron chi connectivity index (χ4n) is 2.12. The Kier molecular flexibility index (Phi) is 3.93. The Bertz CT molecular complexity index is 564. The van der Waals surface area contributed by atoms with E-state index in [0.717, 1.165) is 0 Å². The standard InChI is InChI=1S/C13H23NP2Si2/c1-17(2,3)14-13-15-11-9-7-8-10-12(11)16(13)18(4,5)6/h7-10,14H,1-6H3. The Morgan fingerprint density at radius 2 is 1.61 bits per heavy atom. The number of hydrogen-bond acceptors (Lipinski definition) is 1. The van der Waals surface area contributed by atoms with Gasteiger partial charge in [-0.25, -0.2) is 0 Å². The normalized spacial score (nSPS) is 14.7. The van der Waals surface area contributed by atoms with Gasteiger partial charge in [-0.15, -0.1) is 7.08 Å². The third-order valence-corrected chi connectivity index (χ3v) is 14.9. The number of fused-ring (bicyclic) bond motifs is 1. The number of hydrogen-bond donors (Lipinski definition) is 1. The molecule has 98 valence electrons. The van der Waals surface area contributed by atoms with Crippen molar-refractivity contribution in [1.82, 2.24) is 0 Å². The van der Waals surface area contributed by atoms with E-state index in [-0.39, 0.29) is 7.08 Å². The molecule has 0 saturated heterocycles. The predicted molar refractivity (Wildman–Crippen MR) is 94.9 cm³/mol. The van der Waals surface area contributed by atoms with Crippen molar-refractivity contribution in [2.45, 2.75) is 39.3 Å². The van der Waals surface area contributed by atoms with Gasteiger partial charge in [0.1, 0.15) is 16.0 Å². The third kappa shape index (κ3) is 3.15. The molecule has 1 aromatic carbocycles. The van der Waals surface area contributed by atoms with Crippen molar-refractivity contribution >= 4 is 46.6 Å². The van der Waals surface area contributed by atoms with E-state index in [1.165, 1.54) is 8.19 Å². The Morgan fingerprint density at radius 3 is 2.17 bits per heavy atom. The van der Waals surface area contributed by atoms with Crippen LogP contribution in [0.1, 0.15) is 0 Å². The van der Waals surface area contributed by atoms with E-state index < -0.39 is 16.0 Å². The summed E-state index contributed by atoms with van der Waals surface area (Å²) in [4.78, 5) is 3.93. The molecule has 1 N–H and O–H groups in total. The van der Waals surface area contributed by atoms with E-state index >= 15 is 0 Å². The van der Waals surface area contributed by atoms with Gasteiger partial charge in [-0.2, -0.15) is 0 Å². The van der Waals surface area contributed by atoms with Crippen molar-refractivity contribution in [1.29, 1.82) is 0 Å². The summed E-state index contributed by atoms with van der Waals surface area (Å²) in [6.07, 6.45) is 0. The summed E-state index contributed by atoms with van der Waals surface area (Å²) in [5.74, 6) is 0. The summed E-state index contributed by atoms with van der Waals surface area (Å²) in [6, 6.07) is 9.07. The zero-order valence-electron chi connectivity index (χ0n) is 12.2. The second-order valence-electron chi connectivity index (χ2n) is 6.81. The highest BCUT2D eigenvalue weighted by Crippen LogP contribution is 2.59. The van der Waals surface area contributed by atoms with Crippen molar-refractivity contribution < 1.29 is 0 Å².